The molecule has 1 N–H and O–H groups in total. The first-order valence-corrected chi connectivity index (χ1v) is 11.3. The molecule has 25 heavy (non-hydrogen) atoms. The number of hydrogen-bond acceptors (Lipinski definition) is 5. The third-order valence-corrected chi connectivity index (χ3v) is 7.80. The minimum Gasteiger partial charge on any atom is -0.299 e. The summed E-state index contributed by atoms with van der Waals surface area (Å²) in [5, 5.41) is 0. The number of nitrogens with one attached hydrogen (secondary N) is 1. The number of benzene rings is 1. The molecule has 1 saturated heterocycles. The Morgan fingerprint density at radius 1 is 1.16 bits per heavy atom. The van der Waals surface area contributed by atoms with E-state index in [1.54, 1.807) is 0 Å². The zero-order chi connectivity index (χ0) is 18.7. The van der Waals surface area contributed by atoms with E-state index in [9.17, 15) is 16.8 Å². The minimum atomic E-state index is -3.75. The molecule has 1 aromatic rings. The van der Waals surface area contributed by atoms with Crippen LogP contribution in [-0.2, 0) is 20.0 Å². The molecule has 1 unspecified atom stereocenters. The predicted molar refractivity (Wildman–Crippen MR) is 97.4 cm³/mol. The van der Waals surface area contributed by atoms with Gasteiger partial charge in [0.15, 0.2) is 0 Å². The molecule has 0 radical (unpaired) electrons. The lowest BCUT2D eigenvalue weighted by molar-refractivity contribution is 0.164. The Bertz CT molecular complexity index is 791. The maximum Gasteiger partial charge on any atom is 0.242 e. The number of likely N-dealkylation sites (tertiary alicyclic amines) is 1. The SMILES string of the molecule is CC1CCCCN1CCNS(=O)(=O)c1cccc(S(=O)(=O)N(C)C)c1. The van der Waals surface area contributed by atoms with Crippen molar-refractivity contribution in [2.75, 3.05) is 33.7 Å². The summed E-state index contributed by atoms with van der Waals surface area (Å²) in [7, 11) is -4.60. The second-order valence-electron chi connectivity index (χ2n) is 6.54. The summed E-state index contributed by atoms with van der Waals surface area (Å²) in [6, 6.07) is 5.90. The Balaban J connectivity index is 2.07. The van der Waals surface area contributed by atoms with E-state index >= 15 is 0 Å². The first kappa shape index (κ1) is 20.3. The second kappa shape index (κ2) is 8.13. The van der Waals surface area contributed by atoms with Gasteiger partial charge in [-0.2, -0.15) is 0 Å². The van der Waals surface area contributed by atoms with Crippen LogP contribution in [0.3, 0.4) is 0 Å². The minimum absolute atomic E-state index is 0.0370. The zero-order valence-electron chi connectivity index (χ0n) is 15.0. The summed E-state index contributed by atoms with van der Waals surface area (Å²) in [4.78, 5) is 2.20. The van der Waals surface area contributed by atoms with Crippen LogP contribution in [0, 0.1) is 0 Å². The lowest BCUT2D eigenvalue weighted by Crippen LogP contribution is -2.42. The lowest BCUT2D eigenvalue weighted by Gasteiger charge is -2.33. The summed E-state index contributed by atoms with van der Waals surface area (Å²) >= 11 is 0. The second-order valence-corrected chi connectivity index (χ2v) is 10.5. The smallest absolute Gasteiger partial charge is 0.242 e. The molecule has 1 fully saturated rings. The van der Waals surface area contributed by atoms with Crippen molar-refractivity contribution in [3.05, 3.63) is 24.3 Å². The highest BCUT2D eigenvalue weighted by Gasteiger charge is 2.22. The molecule has 0 saturated carbocycles. The fraction of sp³-hybridized carbons (Fsp3) is 0.625. The maximum absolute atomic E-state index is 12.5. The van der Waals surface area contributed by atoms with Gasteiger partial charge in [0, 0.05) is 33.2 Å². The van der Waals surface area contributed by atoms with E-state index in [4.69, 9.17) is 0 Å². The molecule has 1 aromatic carbocycles. The van der Waals surface area contributed by atoms with Gasteiger partial charge < -0.3 is 0 Å². The van der Waals surface area contributed by atoms with Crippen molar-refractivity contribution in [1.29, 1.82) is 0 Å². The molecule has 0 aromatic heterocycles. The van der Waals surface area contributed by atoms with E-state index in [1.165, 1.54) is 44.8 Å². The highest BCUT2D eigenvalue weighted by molar-refractivity contribution is 7.90. The average Bonchev–Trinajstić information content (AvgIpc) is 2.56. The van der Waals surface area contributed by atoms with Crippen LogP contribution >= 0.6 is 0 Å². The summed E-state index contributed by atoms with van der Waals surface area (Å²) in [6.07, 6.45) is 3.50. The van der Waals surface area contributed by atoms with Crippen molar-refractivity contribution in [2.45, 2.75) is 42.0 Å². The van der Waals surface area contributed by atoms with Gasteiger partial charge in [-0.05, 0) is 44.5 Å². The standard InChI is InChI=1S/C16H27N3O4S2/c1-14-7-4-5-11-19(14)12-10-17-24(20,21)15-8-6-9-16(13-15)25(22,23)18(2)3/h6,8-9,13-14,17H,4-5,7,10-12H2,1-3H3. The molecule has 9 heteroatoms. The first-order chi connectivity index (χ1) is 11.6. The normalized spacial score (nSPS) is 20.1. The highest BCUT2D eigenvalue weighted by Crippen LogP contribution is 2.18. The highest BCUT2D eigenvalue weighted by atomic mass is 32.2. The Morgan fingerprint density at radius 3 is 2.48 bits per heavy atom. The van der Waals surface area contributed by atoms with Crippen molar-refractivity contribution in [2.24, 2.45) is 0 Å². The van der Waals surface area contributed by atoms with Crippen LogP contribution in [-0.4, -0.2) is 65.8 Å². The quantitative estimate of drug-likeness (QED) is 0.754. The third kappa shape index (κ3) is 5.01. The van der Waals surface area contributed by atoms with Crippen molar-refractivity contribution >= 4 is 20.0 Å². The van der Waals surface area contributed by atoms with Crippen LogP contribution in [0.15, 0.2) is 34.1 Å². The molecular formula is C16H27N3O4S2. The predicted octanol–water partition coefficient (Wildman–Crippen LogP) is 1.09. The van der Waals surface area contributed by atoms with E-state index in [0.717, 1.165) is 23.7 Å². The molecule has 0 spiro atoms. The molecule has 1 aliphatic rings. The summed E-state index contributed by atoms with van der Waals surface area (Å²) in [6.45, 7) is 4.09. The van der Waals surface area contributed by atoms with Gasteiger partial charge in [-0.3, -0.25) is 4.90 Å². The Morgan fingerprint density at radius 2 is 1.84 bits per heavy atom. The Kier molecular flexibility index (Phi) is 6.61. The number of sulfonamides is 2. The monoisotopic (exact) mass is 389 g/mol. The molecule has 1 aliphatic heterocycles. The van der Waals surface area contributed by atoms with Crippen molar-refractivity contribution in [1.82, 2.24) is 13.9 Å². The van der Waals surface area contributed by atoms with Gasteiger partial charge in [0.2, 0.25) is 20.0 Å². The van der Waals surface area contributed by atoms with Gasteiger partial charge in [0.1, 0.15) is 0 Å². The average molecular weight is 390 g/mol. The van der Waals surface area contributed by atoms with E-state index < -0.39 is 20.0 Å². The van der Waals surface area contributed by atoms with Gasteiger partial charge >= 0.3 is 0 Å². The fourth-order valence-electron chi connectivity index (χ4n) is 2.91. The molecule has 1 heterocycles. The van der Waals surface area contributed by atoms with E-state index in [-0.39, 0.29) is 9.79 Å². The van der Waals surface area contributed by atoms with Crippen LogP contribution in [0.1, 0.15) is 26.2 Å². The van der Waals surface area contributed by atoms with Gasteiger partial charge in [-0.25, -0.2) is 25.9 Å². The van der Waals surface area contributed by atoms with Gasteiger partial charge in [-0.15, -0.1) is 0 Å². The largest absolute Gasteiger partial charge is 0.299 e. The Hall–Kier alpha value is -1.00. The van der Waals surface area contributed by atoms with Crippen molar-refractivity contribution in [3.63, 3.8) is 0 Å². The first-order valence-electron chi connectivity index (χ1n) is 8.41. The van der Waals surface area contributed by atoms with E-state index in [0.29, 0.717) is 19.1 Å². The Labute approximate surface area is 151 Å². The van der Waals surface area contributed by atoms with E-state index in [2.05, 4.69) is 16.5 Å². The van der Waals surface area contributed by atoms with Gasteiger partial charge in [0.05, 0.1) is 9.79 Å². The van der Waals surface area contributed by atoms with Crippen LogP contribution < -0.4 is 4.72 Å². The molecule has 142 valence electrons. The van der Waals surface area contributed by atoms with Crippen LogP contribution in [0.25, 0.3) is 0 Å². The lowest BCUT2D eigenvalue weighted by atomic mass is 10.0. The van der Waals surface area contributed by atoms with Crippen molar-refractivity contribution < 1.29 is 16.8 Å². The molecule has 7 nitrogen and oxygen atoms in total. The molecule has 2 rings (SSSR count). The fourth-order valence-corrected chi connectivity index (χ4v) is 5.00. The summed E-state index contributed by atoms with van der Waals surface area (Å²) in [5.41, 5.74) is 0. The van der Waals surface area contributed by atoms with Gasteiger partial charge in [-0.1, -0.05) is 12.5 Å². The molecule has 0 aliphatic carbocycles. The van der Waals surface area contributed by atoms with Crippen LogP contribution in [0.4, 0.5) is 0 Å². The summed E-state index contributed by atoms with van der Waals surface area (Å²) in [5.74, 6) is 0. The topological polar surface area (TPSA) is 86.8 Å². The number of rotatable bonds is 7. The van der Waals surface area contributed by atoms with Crippen LogP contribution in [0.2, 0.25) is 0 Å². The van der Waals surface area contributed by atoms with E-state index in [1.807, 2.05) is 0 Å². The van der Waals surface area contributed by atoms with Crippen molar-refractivity contribution in [3.8, 4) is 0 Å². The molecule has 0 amide bonds. The number of hydrogen-bond donors (Lipinski definition) is 1. The van der Waals surface area contributed by atoms with Gasteiger partial charge in [0.25, 0.3) is 0 Å². The molecule has 1 atom stereocenters. The molecule has 0 bridgehead atoms. The third-order valence-electron chi connectivity index (χ3n) is 4.53. The molecular weight excluding hydrogens is 362 g/mol. The van der Waals surface area contributed by atoms with Crippen LogP contribution in [0.5, 0.6) is 0 Å². The number of nitrogens with zero attached hydrogens (tertiary/aromatic N) is 2. The summed E-state index contributed by atoms with van der Waals surface area (Å²) < 4.78 is 52.9. The maximum atomic E-state index is 12.5. The number of piperidine rings is 1. The zero-order valence-corrected chi connectivity index (χ0v) is 16.6.